The molecule has 1 saturated carbocycles. The van der Waals surface area contributed by atoms with Crippen molar-refractivity contribution in [2.75, 3.05) is 6.54 Å². The third-order valence-corrected chi connectivity index (χ3v) is 2.95. The number of hydrogen-bond donors (Lipinski definition) is 1. The van der Waals surface area contributed by atoms with Crippen molar-refractivity contribution in [1.82, 2.24) is 0 Å². The van der Waals surface area contributed by atoms with E-state index in [1.807, 2.05) is 0 Å². The average molecular weight is 173 g/mol. The maximum atomic E-state index is 13.2. The first-order valence-electron chi connectivity index (χ1n) is 4.97. The number of hydrogen-bond acceptors (Lipinski definition) is 1. The second kappa shape index (κ2) is 4.22. The van der Waals surface area contributed by atoms with E-state index < -0.39 is 6.17 Å². The van der Waals surface area contributed by atoms with Crippen LogP contribution < -0.4 is 5.73 Å². The summed E-state index contributed by atoms with van der Waals surface area (Å²) in [5.74, 6) is 1.60. The zero-order valence-corrected chi connectivity index (χ0v) is 8.09. The lowest BCUT2D eigenvalue weighted by Crippen LogP contribution is -2.31. The Bertz CT molecular complexity index is 128. The minimum absolute atomic E-state index is 0.199. The smallest absolute Gasteiger partial charge is 0.115 e. The third-order valence-electron chi connectivity index (χ3n) is 2.95. The van der Waals surface area contributed by atoms with Gasteiger partial charge in [-0.15, -0.1) is 0 Å². The quantitative estimate of drug-likeness (QED) is 0.681. The van der Waals surface area contributed by atoms with Gasteiger partial charge in [0.05, 0.1) is 0 Å². The van der Waals surface area contributed by atoms with Gasteiger partial charge in [-0.05, 0) is 37.0 Å². The van der Waals surface area contributed by atoms with Gasteiger partial charge in [0.2, 0.25) is 0 Å². The van der Waals surface area contributed by atoms with E-state index in [0.29, 0.717) is 11.8 Å². The van der Waals surface area contributed by atoms with Crippen LogP contribution in [0.1, 0.15) is 33.1 Å². The van der Waals surface area contributed by atoms with Gasteiger partial charge in [-0.25, -0.2) is 4.39 Å². The van der Waals surface area contributed by atoms with Crippen LogP contribution in [0, 0.1) is 17.8 Å². The van der Waals surface area contributed by atoms with Gasteiger partial charge < -0.3 is 5.73 Å². The van der Waals surface area contributed by atoms with Crippen molar-refractivity contribution in [3.8, 4) is 0 Å². The molecule has 72 valence electrons. The number of nitrogens with two attached hydrogens (primary N) is 1. The summed E-state index contributed by atoms with van der Waals surface area (Å²) in [6.45, 7) is 4.63. The molecule has 3 unspecified atom stereocenters. The zero-order valence-electron chi connectivity index (χ0n) is 8.09. The van der Waals surface area contributed by atoms with E-state index in [-0.39, 0.29) is 12.5 Å². The van der Waals surface area contributed by atoms with Crippen LogP contribution in [-0.2, 0) is 0 Å². The monoisotopic (exact) mass is 173 g/mol. The van der Waals surface area contributed by atoms with Crippen molar-refractivity contribution in [3.63, 3.8) is 0 Å². The molecule has 0 saturated heterocycles. The van der Waals surface area contributed by atoms with Gasteiger partial charge in [0, 0.05) is 6.54 Å². The summed E-state index contributed by atoms with van der Waals surface area (Å²) in [7, 11) is 0. The molecule has 0 heterocycles. The topological polar surface area (TPSA) is 26.0 Å². The molecule has 0 aromatic carbocycles. The Kier molecular flexibility index (Phi) is 3.51. The van der Waals surface area contributed by atoms with E-state index in [4.69, 9.17) is 5.73 Å². The van der Waals surface area contributed by atoms with Crippen LogP contribution in [0.15, 0.2) is 0 Å². The predicted molar refractivity (Wildman–Crippen MR) is 49.6 cm³/mol. The third kappa shape index (κ3) is 2.44. The van der Waals surface area contributed by atoms with Gasteiger partial charge in [-0.2, -0.15) is 0 Å². The molecular formula is C10H20FN. The standard InChI is InChI=1S/C10H20FN/c1-7-3-8(2)5-9(4-7)10(11)6-12/h7-10H,3-6,12H2,1-2H3. The highest BCUT2D eigenvalue weighted by Crippen LogP contribution is 2.35. The molecule has 12 heavy (non-hydrogen) atoms. The predicted octanol–water partition coefficient (Wildman–Crippen LogP) is 2.36. The summed E-state index contributed by atoms with van der Waals surface area (Å²) in [6.07, 6.45) is 2.55. The second-order valence-electron chi connectivity index (χ2n) is 4.43. The molecule has 0 aromatic heterocycles. The number of halogens is 1. The molecule has 1 nitrogen and oxygen atoms in total. The first kappa shape index (κ1) is 9.97. The highest BCUT2D eigenvalue weighted by Gasteiger charge is 2.28. The van der Waals surface area contributed by atoms with Crippen LogP contribution in [0.5, 0.6) is 0 Å². The lowest BCUT2D eigenvalue weighted by atomic mass is 9.75. The normalized spacial score (nSPS) is 39.5. The van der Waals surface area contributed by atoms with Crippen molar-refractivity contribution in [2.45, 2.75) is 39.3 Å². The van der Waals surface area contributed by atoms with Crippen molar-refractivity contribution < 1.29 is 4.39 Å². The molecule has 3 atom stereocenters. The highest BCUT2D eigenvalue weighted by molar-refractivity contribution is 4.80. The Hall–Kier alpha value is -0.110. The van der Waals surface area contributed by atoms with E-state index in [0.717, 1.165) is 12.8 Å². The molecular weight excluding hydrogens is 153 g/mol. The Balaban J connectivity index is 2.43. The summed E-state index contributed by atoms with van der Waals surface area (Å²) >= 11 is 0. The van der Waals surface area contributed by atoms with Gasteiger partial charge in [0.1, 0.15) is 6.17 Å². The zero-order chi connectivity index (χ0) is 9.14. The largest absolute Gasteiger partial charge is 0.328 e. The van der Waals surface area contributed by atoms with Gasteiger partial charge >= 0.3 is 0 Å². The molecule has 1 aliphatic carbocycles. The molecule has 2 N–H and O–H groups in total. The fourth-order valence-corrected chi connectivity index (χ4v) is 2.50. The van der Waals surface area contributed by atoms with Crippen LogP contribution >= 0.6 is 0 Å². The fraction of sp³-hybridized carbons (Fsp3) is 1.00. The first-order chi connectivity index (χ1) is 5.63. The lowest BCUT2D eigenvalue weighted by molar-refractivity contribution is 0.129. The molecule has 0 aromatic rings. The van der Waals surface area contributed by atoms with Crippen LogP contribution in [0.2, 0.25) is 0 Å². The summed E-state index contributed by atoms with van der Waals surface area (Å²) in [5, 5.41) is 0. The minimum Gasteiger partial charge on any atom is -0.328 e. The fourth-order valence-electron chi connectivity index (χ4n) is 2.50. The average Bonchev–Trinajstić information content (AvgIpc) is 2.01. The van der Waals surface area contributed by atoms with Crippen molar-refractivity contribution in [2.24, 2.45) is 23.5 Å². The summed E-state index contributed by atoms with van der Waals surface area (Å²) in [6, 6.07) is 0. The highest BCUT2D eigenvalue weighted by atomic mass is 19.1. The van der Waals surface area contributed by atoms with Crippen LogP contribution in [0.4, 0.5) is 4.39 Å². The lowest BCUT2D eigenvalue weighted by Gasteiger charge is -2.32. The molecule has 0 radical (unpaired) electrons. The van der Waals surface area contributed by atoms with Crippen molar-refractivity contribution in [3.05, 3.63) is 0 Å². The molecule has 1 fully saturated rings. The molecule has 1 rings (SSSR count). The van der Waals surface area contributed by atoms with Gasteiger partial charge in [-0.3, -0.25) is 0 Å². The minimum atomic E-state index is -0.768. The molecule has 0 aliphatic heterocycles. The van der Waals surface area contributed by atoms with Crippen molar-refractivity contribution >= 4 is 0 Å². The molecule has 0 bridgehead atoms. The van der Waals surface area contributed by atoms with E-state index in [2.05, 4.69) is 13.8 Å². The summed E-state index contributed by atoms with van der Waals surface area (Å²) < 4.78 is 13.2. The van der Waals surface area contributed by atoms with Crippen LogP contribution in [-0.4, -0.2) is 12.7 Å². The maximum Gasteiger partial charge on any atom is 0.115 e. The maximum absolute atomic E-state index is 13.2. The SMILES string of the molecule is CC1CC(C)CC(C(F)CN)C1. The number of alkyl halides is 1. The van der Waals surface area contributed by atoms with Crippen LogP contribution in [0.3, 0.4) is 0 Å². The molecule has 0 spiro atoms. The first-order valence-corrected chi connectivity index (χ1v) is 4.97. The van der Waals surface area contributed by atoms with Crippen LogP contribution in [0.25, 0.3) is 0 Å². The Labute approximate surface area is 74.5 Å². The van der Waals surface area contributed by atoms with Gasteiger partial charge in [0.25, 0.3) is 0 Å². The Morgan fingerprint density at radius 1 is 1.25 bits per heavy atom. The number of rotatable bonds is 2. The summed E-state index contributed by atoms with van der Waals surface area (Å²) in [5.41, 5.74) is 5.32. The van der Waals surface area contributed by atoms with Gasteiger partial charge in [0.15, 0.2) is 0 Å². The van der Waals surface area contributed by atoms with E-state index >= 15 is 0 Å². The second-order valence-corrected chi connectivity index (χ2v) is 4.43. The van der Waals surface area contributed by atoms with E-state index in [1.54, 1.807) is 0 Å². The Morgan fingerprint density at radius 2 is 1.75 bits per heavy atom. The Morgan fingerprint density at radius 3 is 2.17 bits per heavy atom. The van der Waals surface area contributed by atoms with Gasteiger partial charge in [-0.1, -0.05) is 13.8 Å². The summed E-state index contributed by atoms with van der Waals surface area (Å²) in [4.78, 5) is 0. The molecule has 0 amide bonds. The van der Waals surface area contributed by atoms with E-state index in [9.17, 15) is 4.39 Å². The molecule has 1 aliphatic rings. The van der Waals surface area contributed by atoms with E-state index in [1.165, 1.54) is 6.42 Å². The van der Waals surface area contributed by atoms with Crippen molar-refractivity contribution in [1.29, 1.82) is 0 Å². The molecule has 2 heteroatoms.